The lowest BCUT2D eigenvalue weighted by Crippen LogP contribution is -2.33. The van der Waals surface area contributed by atoms with Crippen LogP contribution in [0.25, 0.3) is 0 Å². The van der Waals surface area contributed by atoms with Gasteiger partial charge in [-0.25, -0.2) is 4.39 Å². The van der Waals surface area contributed by atoms with Crippen LogP contribution in [0.2, 0.25) is 5.02 Å². The molecule has 0 fully saturated rings. The lowest BCUT2D eigenvalue weighted by atomic mass is 10.1. The zero-order chi connectivity index (χ0) is 13.0. The van der Waals surface area contributed by atoms with Crippen molar-refractivity contribution in [3.63, 3.8) is 0 Å². The lowest BCUT2D eigenvalue weighted by Gasteiger charge is -2.15. The fourth-order valence-corrected chi connectivity index (χ4v) is 1.57. The first-order chi connectivity index (χ1) is 7.91. The molecule has 0 aromatic heterocycles. The van der Waals surface area contributed by atoms with Crippen molar-refractivity contribution in [2.75, 3.05) is 13.6 Å². The summed E-state index contributed by atoms with van der Waals surface area (Å²) in [5.74, 6) is -1.49. The maximum atomic E-state index is 12.9. The van der Waals surface area contributed by atoms with Gasteiger partial charge in [-0.05, 0) is 24.1 Å². The number of benzene rings is 1. The van der Waals surface area contributed by atoms with E-state index in [0.29, 0.717) is 13.0 Å². The van der Waals surface area contributed by atoms with Gasteiger partial charge in [0.1, 0.15) is 5.82 Å². The molecular weight excluding hydrogens is 245 g/mol. The number of carbonyl (C=O) groups is 2. The average molecular weight is 258 g/mol. The summed E-state index contributed by atoms with van der Waals surface area (Å²) in [5, 5.41) is 0.0584. The maximum Gasteiger partial charge on any atom is 0.289 e. The van der Waals surface area contributed by atoms with E-state index in [1.165, 1.54) is 24.0 Å². The first-order valence-corrected chi connectivity index (χ1v) is 5.49. The molecular formula is C12H13ClFNO2. The Kier molecular flexibility index (Phi) is 4.63. The van der Waals surface area contributed by atoms with Gasteiger partial charge in [0.25, 0.3) is 5.91 Å². The summed E-state index contributed by atoms with van der Waals surface area (Å²) in [6.07, 6.45) is 0.523. The van der Waals surface area contributed by atoms with E-state index in [9.17, 15) is 14.0 Å². The van der Waals surface area contributed by atoms with Crippen LogP contribution in [0.3, 0.4) is 0 Å². The molecule has 0 unspecified atom stereocenters. The average Bonchev–Trinajstić information content (AvgIpc) is 2.29. The van der Waals surface area contributed by atoms with Crippen molar-refractivity contribution in [2.45, 2.75) is 13.3 Å². The highest BCUT2D eigenvalue weighted by Crippen LogP contribution is 2.16. The van der Waals surface area contributed by atoms with Crippen molar-refractivity contribution in [2.24, 2.45) is 0 Å². The molecule has 0 radical (unpaired) electrons. The van der Waals surface area contributed by atoms with E-state index >= 15 is 0 Å². The highest BCUT2D eigenvalue weighted by molar-refractivity contribution is 6.35. The molecule has 3 nitrogen and oxygen atoms in total. The zero-order valence-corrected chi connectivity index (χ0v) is 10.4. The Hall–Kier alpha value is -1.42. The molecule has 5 heteroatoms. The maximum absolute atomic E-state index is 12.9. The number of Topliss-reactive ketones (excluding diaryl/α,β-unsaturated/α-hetero) is 1. The van der Waals surface area contributed by atoms with Crippen LogP contribution in [-0.2, 0) is 16.0 Å². The van der Waals surface area contributed by atoms with Gasteiger partial charge in [-0.15, -0.1) is 0 Å². The number of carbonyl (C=O) groups excluding carboxylic acids is 2. The molecule has 0 heterocycles. The predicted molar refractivity (Wildman–Crippen MR) is 63.4 cm³/mol. The number of nitrogens with zero attached hydrogens (tertiary/aromatic N) is 1. The second kappa shape index (κ2) is 5.77. The van der Waals surface area contributed by atoms with Gasteiger partial charge < -0.3 is 4.90 Å². The molecule has 92 valence electrons. The second-order valence-corrected chi connectivity index (χ2v) is 4.19. The van der Waals surface area contributed by atoms with Crippen LogP contribution in [0.1, 0.15) is 12.5 Å². The number of likely N-dealkylation sites (N-methyl/N-ethyl adjacent to an activating group) is 1. The summed E-state index contributed by atoms with van der Waals surface area (Å²) in [6, 6.07) is 4.40. The SMILES string of the molecule is CC(=O)C(=O)N(C)CCc1ccc(F)c(Cl)c1. The Bertz CT molecular complexity index is 448. The molecule has 0 aliphatic heterocycles. The van der Waals surface area contributed by atoms with Crippen LogP contribution in [0, 0.1) is 5.82 Å². The van der Waals surface area contributed by atoms with E-state index in [4.69, 9.17) is 11.6 Å². The number of halogens is 2. The van der Waals surface area contributed by atoms with E-state index in [0.717, 1.165) is 5.56 Å². The fraction of sp³-hybridized carbons (Fsp3) is 0.333. The Morgan fingerprint density at radius 3 is 2.59 bits per heavy atom. The predicted octanol–water partition coefficient (Wildman–Crippen LogP) is 2.07. The molecule has 0 N–H and O–H groups in total. The van der Waals surface area contributed by atoms with Gasteiger partial charge in [-0.1, -0.05) is 17.7 Å². The molecule has 1 amide bonds. The van der Waals surface area contributed by atoms with Gasteiger partial charge in [0.15, 0.2) is 0 Å². The summed E-state index contributed by atoms with van der Waals surface area (Å²) < 4.78 is 12.9. The second-order valence-electron chi connectivity index (χ2n) is 3.78. The molecule has 0 saturated heterocycles. The largest absolute Gasteiger partial charge is 0.339 e. The minimum absolute atomic E-state index is 0.0584. The van der Waals surface area contributed by atoms with Crippen molar-refractivity contribution in [3.05, 3.63) is 34.6 Å². The van der Waals surface area contributed by atoms with Gasteiger partial charge in [-0.2, -0.15) is 0 Å². The van der Waals surface area contributed by atoms with Crippen molar-refractivity contribution < 1.29 is 14.0 Å². The molecule has 0 atom stereocenters. The van der Waals surface area contributed by atoms with Crippen LogP contribution in [0.15, 0.2) is 18.2 Å². The molecule has 1 aromatic rings. The Morgan fingerprint density at radius 1 is 1.41 bits per heavy atom. The van der Waals surface area contributed by atoms with Crippen molar-refractivity contribution in [3.8, 4) is 0 Å². The van der Waals surface area contributed by atoms with Crippen LogP contribution < -0.4 is 0 Å². The number of hydrogen-bond acceptors (Lipinski definition) is 2. The third-order valence-corrected chi connectivity index (χ3v) is 2.66. The Balaban J connectivity index is 2.58. The third kappa shape index (κ3) is 3.82. The van der Waals surface area contributed by atoms with E-state index in [2.05, 4.69) is 0 Å². The molecule has 0 aliphatic carbocycles. The highest BCUT2D eigenvalue weighted by atomic mass is 35.5. The van der Waals surface area contributed by atoms with Gasteiger partial charge in [-0.3, -0.25) is 9.59 Å². The van der Waals surface area contributed by atoms with Gasteiger partial charge in [0.2, 0.25) is 5.78 Å². The summed E-state index contributed by atoms with van der Waals surface area (Å²) in [5.41, 5.74) is 0.819. The van der Waals surface area contributed by atoms with Gasteiger partial charge in [0.05, 0.1) is 5.02 Å². The van der Waals surface area contributed by atoms with Crippen LogP contribution in [-0.4, -0.2) is 30.2 Å². The van der Waals surface area contributed by atoms with Crippen molar-refractivity contribution >= 4 is 23.3 Å². The summed E-state index contributed by atoms with van der Waals surface area (Å²) >= 11 is 5.63. The van der Waals surface area contributed by atoms with Crippen LogP contribution in [0.5, 0.6) is 0 Å². The summed E-state index contributed by atoms with van der Waals surface area (Å²) in [7, 11) is 1.55. The monoisotopic (exact) mass is 257 g/mol. The fourth-order valence-electron chi connectivity index (χ4n) is 1.36. The highest BCUT2D eigenvalue weighted by Gasteiger charge is 2.13. The van der Waals surface area contributed by atoms with Crippen LogP contribution in [0.4, 0.5) is 4.39 Å². The number of ketones is 1. The molecule has 17 heavy (non-hydrogen) atoms. The quantitative estimate of drug-likeness (QED) is 0.775. The van der Waals surface area contributed by atoms with Crippen LogP contribution >= 0.6 is 11.6 Å². The molecule has 1 aromatic carbocycles. The molecule has 0 saturated carbocycles. The first kappa shape index (κ1) is 13.6. The smallest absolute Gasteiger partial charge is 0.289 e. The van der Waals surface area contributed by atoms with E-state index < -0.39 is 17.5 Å². The Labute approximate surface area is 104 Å². The number of amides is 1. The van der Waals surface area contributed by atoms with E-state index in [1.54, 1.807) is 13.1 Å². The van der Waals surface area contributed by atoms with E-state index in [1.807, 2.05) is 0 Å². The lowest BCUT2D eigenvalue weighted by molar-refractivity contribution is -0.142. The number of rotatable bonds is 4. The normalized spacial score (nSPS) is 10.1. The molecule has 1 rings (SSSR count). The Morgan fingerprint density at radius 2 is 2.06 bits per heavy atom. The van der Waals surface area contributed by atoms with Gasteiger partial charge >= 0.3 is 0 Å². The molecule has 0 aliphatic rings. The molecule has 0 spiro atoms. The minimum Gasteiger partial charge on any atom is -0.339 e. The number of hydrogen-bond donors (Lipinski definition) is 0. The standard InChI is InChI=1S/C12H13ClFNO2/c1-8(16)12(17)15(2)6-5-9-3-4-11(14)10(13)7-9/h3-4,7H,5-6H2,1-2H3. The third-order valence-electron chi connectivity index (χ3n) is 2.37. The van der Waals surface area contributed by atoms with E-state index in [-0.39, 0.29) is 5.02 Å². The first-order valence-electron chi connectivity index (χ1n) is 5.11. The zero-order valence-electron chi connectivity index (χ0n) is 9.67. The van der Waals surface area contributed by atoms with Crippen molar-refractivity contribution in [1.29, 1.82) is 0 Å². The summed E-state index contributed by atoms with van der Waals surface area (Å²) in [6.45, 7) is 1.62. The minimum atomic E-state index is -0.529. The van der Waals surface area contributed by atoms with Crippen molar-refractivity contribution in [1.82, 2.24) is 4.90 Å². The topological polar surface area (TPSA) is 37.4 Å². The summed E-state index contributed by atoms with van der Waals surface area (Å²) in [4.78, 5) is 23.4. The van der Waals surface area contributed by atoms with Gasteiger partial charge in [0, 0.05) is 20.5 Å². The molecule has 0 bridgehead atoms.